The molecule has 2 aromatic heterocycles. The third kappa shape index (κ3) is 2.76. The zero-order valence-corrected chi connectivity index (χ0v) is 12.3. The second-order valence-corrected chi connectivity index (χ2v) is 5.60. The highest BCUT2D eigenvalue weighted by atomic mass is 32.1. The van der Waals surface area contributed by atoms with Crippen LogP contribution >= 0.6 is 11.3 Å². The standard InChI is InChI=1S/C14H17N3O2S/c1-10-7-17(13-5-15-6-14(16-13)18-2)8-12(19-10)11-3-4-20-9-11/h3-6,9-10,12H,7-8H2,1-2H3/t10-,12-/m0/s1. The number of ether oxygens (including phenoxy) is 2. The minimum absolute atomic E-state index is 0.0815. The molecule has 0 bridgehead atoms. The fraction of sp³-hybridized carbons (Fsp3) is 0.429. The van der Waals surface area contributed by atoms with Crippen molar-refractivity contribution in [2.45, 2.75) is 19.1 Å². The summed E-state index contributed by atoms with van der Waals surface area (Å²) in [6.45, 7) is 3.67. The summed E-state index contributed by atoms with van der Waals surface area (Å²) in [5.74, 6) is 1.37. The highest BCUT2D eigenvalue weighted by molar-refractivity contribution is 7.07. The zero-order valence-electron chi connectivity index (χ0n) is 11.5. The van der Waals surface area contributed by atoms with Crippen LogP contribution in [0.3, 0.4) is 0 Å². The molecule has 106 valence electrons. The maximum atomic E-state index is 6.02. The largest absolute Gasteiger partial charge is 0.480 e. The van der Waals surface area contributed by atoms with Crippen LogP contribution in [0, 0.1) is 0 Å². The lowest BCUT2D eigenvalue weighted by molar-refractivity contribution is -0.0174. The van der Waals surface area contributed by atoms with Gasteiger partial charge in [-0.05, 0) is 29.3 Å². The van der Waals surface area contributed by atoms with Gasteiger partial charge in [-0.2, -0.15) is 16.3 Å². The lowest BCUT2D eigenvalue weighted by atomic mass is 10.1. The predicted molar refractivity (Wildman–Crippen MR) is 78.4 cm³/mol. The molecule has 3 rings (SSSR count). The average molecular weight is 291 g/mol. The monoisotopic (exact) mass is 291 g/mol. The topological polar surface area (TPSA) is 47.5 Å². The van der Waals surface area contributed by atoms with Crippen LogP contribution in [0.5, 0.6) is 5.88 Å². The zero-order chi connectivity index (χ0) is 13.9. The molecule has 0 radical (unpaired) electrons. The van der Waals surface area contributed by atoms with Crippen molar-refractivity contribution in [2.24, 2.45) is 0 Å². The van der Waals surface area contributed by atoms with Crippen LogP contribution < -0.4 is 9.64 Å². The Labute approximate surface area is 122 Å². The SMILES string of the molecule is COc1cncc(N2C[C@@H](c3ccsc3)O[C@@H](C)C2)n1. The molecule has 0 amide bonds. The van der Waals surface area contributed by atoms with Crippen LogP contribution in [-0.4, -0.2) is 36.3 Å². The van der Waals surface area contributed by atoms with Crippen LogP contribution in [0.2, 0.25) is 0 Å². The van der Waals surface area contributed by atoms with Gasteiger partial charge in [0.05, 0.1) is 25.6 Å². The first-order chi connectivity index (χ1) is 9.76. The van der Waals surface area contributed by atoms with Gasteiger partial charge in [-0.3, -0.25) is 4.98 Å². The molecule has 0 aliphatic carbocycles. The molecule has 0 spiro atoms. The molecule has 0 unspecified atom stereocenters. The Morgan fingerprint density at radius 2 is 2.30 bits per heavy atom. The van der Waals surface area contributed by atoms with E-state index >= 15 is 0 Å². The minimum Gasteiger partial charge on any atom is -0.480 e. The molecule has 6 heteroatoms. The number of nitrogens with zero attached hydrogens (tertiary/aromatic N) is 3. The summed E-state index contributed by atoms with van der Waals surface area (Å²) in [5, 5.41) is 4.21. The second kappa shape index (κ2) is 5.76. The fourth-order valence-electron chi connectivity index (χ4n) is 2.37. The summed E-state index contributed by atoms with van der Waals surface area (Å²) in [4.78, 5) is 10.8. The molecule has 1 aliphatic heterocycles. The summed E-state index contributed by atoms with van der Waals surface area (Å²) < 4.78 is 11.2. The highest BCUT2D eigenvalue weighted by Gasteiger charge is 2.27. The third-order valence-corrected chi connectivity index (χ3v) is 4.01. The maximum Gasteiger partial charge on any atom is 0.233 e. The van der Waals surface area contributed by atoms with E-state index in [2.05, 4.69) is 38.6 Å². The first-order valence-electron chi connectivity index (χ1n) is 6.55. The van der Waals surface area contributed by atoms with E-state index in [0.717, 1.165) is 18.9 Å². The Morgan fingerprint density at radius 3 is 3.05 bits per heavy atom. The third-order valence-electron chi connectivity index (χ3n) is 3.31. The van der Waals surface area contributed by atoms with E-state index in [1.54, 1.807) is 30.8 Å². The van der Waals surface area contributed by atoms with Crippen molar-refractivity contribution >= 4 is 17.2 Å². The van der Waals surface area contributed by atoms with Gasteiger partial charge in [0.25, 0.3) is 0 Å². The lowest BCUT2D eigenvalue weighted by Crippen LogP contribution is -2.43. The number of rotatable bonds is 3. The van der Waals surface area contributed by atoms with Gasteiger partial charge in [-0.25, -0.2) is 0 Å². The number of methoxy groups -OCH3 is 1. The first kappa shape index (κ1) is 13.3. The highest BCUT2D eigenvalue weighted by Crippen LogP contribution is 2.29. The smallest absolute Gasteiger partial charge is 0.233 e. The van der Waals surface area contributed by atoms with Gasteiger partial charge in [0.2, 0.25) is 5.88 Å². The average Bonchev–Trinajstić information content (AvgIpc) is 3.01. The van der Waals surface area contributed by atoms with Crippen LogP contribution in [0.15, 0.2) is 29.2 Å². The number of thiophene rings is 1. The Hall–Kier alpha value is -1.66. The molecular weight excluding hydrogens is 274 g/mol. The van der Waals surface area contributed by atoms with Crippen molar-refractivity contribution in [3.8, 4) is 5.88 Å². The maximum absolute atomic E-state index is 6.02. The molecule has 20 heavy (non-hydrogen) atoms. The molecule has 1 fully saturated rings. The Balaban J connectivity index is 1.82. The number of aromatic nitrogens is 2. The molecular formula is C14H17N3O2S. The van der Waals surface area contributed by atoms with Gasteiger partial charge < -0.3 is 14.4 Å². The summed E-state index contributed by atoms with van der Waals surface area (Å²) in [7, 11) is 1.60. The van der Waals surface area contributed by atoms with Crippen molar-refractivity contribution < 1.29 is 9.47 Å². The molecule has 0 N–H and O–H groups in total. The number of morpholine rings is 1. The molecule has 1 aliphatic rings. The molecule has 2 atom stereocenters. The quantitative estimate of drug-likeness (QED) is 0.869. The van der Waals surface area contributed by atoms with E-state index in [9.17, 15) is 0 Å². The minimum atomic E-state index is 0.0815. The van der Waals surface area contributed by atoms with Gasteiger partial charge in [-0.15, -0.1) is 0 Å². The molecule has 5 nitrogen and oxygen atoms in total. The van der Waals surface area contributed by atoms with E-state index < -0.39 is 0 Å². The van der Waals surface area contributed by atoms with Gasteiger partial charge in [-0.1, -0.05) is 0 Å². The van der Waals surface area contributed by atoms with Crippen LogP contribution in [0.25, 0.3) is 0 Å². The second-order valence-electron chi connectivity index (χ2n) is 4.82. The van der Waals surface area contributed by atoms with Gasteiger partial charge in [0.1, 0.15) is 6.10 Å². The predicted octanol–water partition coefficient (Wildman–Crippen LogP) is 2.51. The Kier molecular flexibility index (Phi) is 3.84. The van der Waals surface area contributed by atoms with Crippen LogP contribution in [0.4, 0.5) is 5.82 Å². The number of hydrogen-bond donors (Lipinski definition) is 0. The van der Waals surface area contributed by atoms with Crippen molar-refractivity contribution in [1.29, 1.82) is 0 Å². The Bertz CT molecular complexity index is 561. The van der Waals surface area contributed by atoms with Crippen molar-refractivity contribution in [3.63, 3.8) is 0 Å². The normalized spacial score (nSPS) is 22.8. The van der Waals surface area contributed by atoms with E-state index in [1.807, 2.05) is 0 Å². The van der Waals surface area contributed by atoms with E-state index in [-0.39, 0.29) is 12.2 Å². The molecule has 0 aromatic carbocycles. The van der Waals surface area contributed by atoms with E-state index in [4.69, 9.17) is 9.47 Å². The summed E-state index contributed by atoms with van der Waals surface area (Å²) in [6.07, 6.45) is 3.62. The van der Waals surface area contributed by atoms with E-state index in [0.29, 0.717) is 5.88 Å². The van der Waals surface area contributed by atoms with E-state index in [1.165, 1.54) is 5.56 Å². The summed E-state index contributed by atoms with van der Waals surface area (Å²) >= 11 is 1.69. The summed E-state index contributed by atoms with van der Waals surface area (Å²) in [5.41, 5.74) is 1.22. The number of hydrogen-bond acceptors (Lipinski definition) is 6. The van der Waals surface area contributed by atoms with Gasteiger partial charge >= 0.3 is 0 Å². The van der Waals surface area contributed by atoms with Crippen LogP contribution in [0.1, 0.15) is 18.6 Å². The first-order valence-corrected chi connectivity index (χ1v) is 7.49. The van der Waals surface area contributed by atoms with Gasteiger partial charge in [0, 0.05) is 13.1 Å². The molecule has 2 aromatic rings. The summed E-state index contributed by atoms with van der Waals surface area (Å²) in [6, 6.07) is 2.11. The molecule has 3 heterocycles. The van der Waals surface area contributed by atoms with Crippen molar-refractivity contribution in [2.75, 3.05) is 25.1 Å². The van der Waals surface area contributed by atoms with Crippen molar-refractivity contribution in [3.05, 3.63) is 34.8 Å². The Morgan fingerprint density at radius 1 is 1.40 bits per heavy atom. The number of anilines is 1. The lowest BCUT2D eigenvalue weighted by Gasteiger charge is -2.37. The molecule has 0 saturated carbocycles. The molecule has 1 saturated heterocycles. The fourth-order valence-corrected chi connectivity index (χ4v) is 3.07. The van der Waals surface area contributed by atoms with Crippen molar-refractivity contribution in [1.82, 2.24) is 9.97 Å². The van der Waals surface area contributed by atoms with Crippen LogP contribution in [-0.2, 0) is 4.74 Å². The van der Waals surface area contributed by atoms with Gasteiger partial charge in [0.15, 0.2) is 5.82 Å².